The van der Waals surface area contributed by atoms with E-state index in [1.807, 2.05) is 6.07 Å². The second-order valence-corrected chi connectivity index (χ2v) is 5.18. The molecule has 0 radical (unpaired) electrons. The van der Waals surface area contributed by atoms with E-state index in [9.17, 15) is 19.3 Å². The van der Waals surface area contributed by atoms with Crippen LogP contribution in [0.4, 0.5) is 10.1 Å². The van der Waals surface area contributed by atoms with Gasteiger partial charge in [0.05, 0.1) is 17.1 Å². The Hall–Kier alpha value is -2.69. The minimum Gasteiger partial charge on any atom is -0.481 e. The number of amides is 1. The lowest BCUT2D eigenvalue weighted by atomic mass is 9.90. The van der Waals surface area contributed by atoms with Gasteiger partial charge in [0.15, 0.2) is 18.2 Å². The maximum Gasteiger partial charge on any atom is 0.272 e. The molecule has 0 aliphatic carbocycles. The second kappa shape index (κ2) is 6.85. The zero-order valence-electron chi connectivity index (χ0n) is 12.4. The predicted molar refractivity (Wildman–Crippen MR) is 75.5 cm³/mol. The third kappa shape index (κ3) is 4.15. The van der Waals surface area contributed by atoms with Gasteiger partial charge in [-0.05, 0) is 18.9 Å². The predicted octanol–water partition coefficient (Wildman–Crippen LogP) is 2.17. The molecule has 0 aromatic heterocycles. The third-order valence-electron chi connectivity index (χ3n) is 3.27. The number of ether oxygens (including phenoxy) is 1. The zero-order chi connectivity index (χ0) is 16.9. The van der Waals surface area contributed by atoms with Crippen LogP contribution in [0.1, 0.15) is 20.8 Å². The van der Waals surface area contributed by atoms with E-state index in [4.69, 9.17) is 10.00 Å². The first kappa shape index (κ1) is 17.4. The number of nitro benzene ring substituents is 1. The van der Waals surface area contributed by atoms with Crippen LogP contribution >= 0.6 is 0 Å². The summed E-state index contributed by atoms with van der Waals surface area (Å²) >= 11 is 0. The van der Waals surface area contributed by atoms with Crippen LogP contribution < -0.4 is 10.1 Å². The first-order valence-electron chi connectivity index (χ1n) is 6.48. The zero-order valence-corrected chi connectivity index (χ0v) is 12.4. The number of nitrogens with zero attached hydrogens (tertiary/aromatic N) is 2. The average Bonchev–Trinajstić information content (AvgIpc) is 2.45. The minimum absolute atomic E-state index is 0.127. The summed E-state index contributed by atoms with van der Waals surface area (Å²) in [6.07, 6.45) is 0. The molecule has 0 aliphatic rings. The van der Waals surface area contributed by atoms with E-state index in [2.05, 4.69) is 5.32 Å². The summed E-state index contributed by atoms with van der Waals surface area (Å²) in [6.45, 7) is 4.63. The van der Waals surface area contributed by atoms with E-state index in [-0.39, 0.29) is 11.7 Å². The van der Waals surface area contributed by atoms with Gasteiger partial charge >= 0.3 is 0 Å². The molecule has 1 amide bonds. The van der Waals surface area contributed by atoms with Gasteiger partial charge in [0.2, 0.25) is 0 Å². The number of rotatable bonds is 6. The summed E-state index contributed by atoms with van der Waals surface area (Å²) in [4.78, 5) is 21.5. The van der Waals surface area contributed by atoms with E-state index in [1.54, 1.807) is 20.8 Å². The summed E-state index contributed by atoms with van der Waals surface area (Å²) in [7, 11) is 0. The molecular formula is C14H16FN3O4. The van der Waals surface area contributed by atoms with Crippen LogP contribution in [0, 0.1) is 33.2 Å². The fourth-order valence-corrected chi connectivity index (χ4v) is 1.49. The minimum atomic E-state index is -1.06. The van der Waals surface area contributed by atoms with Crippen LogP contribution in [0.25, 0.3) is 0 Å². The molecule has 22 heavy (non-hydrogen) atoms. The number of benzene rings is 1. The fourth-order valence-electron chi connectivity index (χ4n) is 1.49. The van der Waals surface area contributed by atoms with Gasteiger partial charge in [-0.2, -0.15) is 5.26 Å². The van der Waals surface area contributed by atoms with Crippen molar-refractivity contribution in [2.75, 3.05) is 6.61 Å². The third-order valence-corrected chi connectivity index (χ3v) is 3.27. The Balaban J connectivity index is 2.69. The maximum absolute atomic E-state index is 13.6. The van der Waals surface area contributed by atoms with Crippen molar-refractivity contribution < 1.29 is 18.8 Å². The van der Waals surface area contributed by atoms with Crippen molar-refractivity contribution in [1.82, 2.24) is 5.32 Å². The number of hydrogen-bond donors (Lipinski definition) is 1. The second-order valence-electron chi connectivity index (χ2n) is 5.18. The van der Waals surface area contributed by atoms with Gasteiger partial charge in [-0.3, -0.25) is 14.9 Å². The molecule has 0 fully saturated rings. The van der Waals surface area contributed by atoms with Crippen LogP contribution in [0.3, 0.4) is 0 Å². The van der Waals surface area contributed by atoms with Gasteiger partial charge in [0.25, 0.3) is 11.6 Å². The number of nitro groups is 1. The summed E-state index contributed by atoms with van der Waals surface area (Å²) in [6, 6.07) is 4.86. The van der Waals surface area contributed by atoms with Crippen LogP contribution in [0.15, 0.2) is 18.2 Å². The molecule has 0 spiro atoms. The van der Waals surface area contributed by atoms with Crippen LogP contribution in [-0.2, 0) is 4.79 Å². The Morgan fingerprint density at radius 2 is 2.23 bits per heavy atom. The molecule has 0 bridgehead atoms. The standard InChI is InChI=1S/C14H16FN3O4/c1-9(2)14(3,8-16)17-13(19)7-22-12-5-4-10(18(20)21)6-11(12)15/h4-6,9H,7H2,1-3H3,(H,17,19)/t14-/m1/s1. The van der Waals surface area contributed by atoms with Gasteiger partial charge in [-0.15, -0.1) is 0 Å². The first-order valence-corrected chi connectivity index (χ1v) is 6.48. The van der Waals surface area contributed by atoms with Crippen LogP contribution in [0.2, 0.25) is 0 Å². The van der Waals surface area contributed by atoms with Crippen molar-refractivity contribution >= 4 is 11.6 Å². The molecule has 0 heterocycles. The molecule has 1 rings (SSSR count). The summed E-state index contributed by atoms with van der Waals surface area (Å²) < 4.78 is 18.6. The molecule has 0 aliphatic heterocycles. The van der Waals surface area contributed by atoms with Crippen LogP contribution in [-0.4, -0.2) is 23.0 Å². The Kier molecular flexibility index (Phi) is 5.40. The van der Waals surface area contributed by atoms with Crippen molar-refractivity contribution in [3.63, 3.8) is 0 Å². The molecule has 7 nitrogen and oxygen atoms in total. The summed E-state index contributed by atoms with van der Waals surface area (Å²) in [5, 5.41) is 22.1. The number of carbonyl (C=O) groups is 1. The summed E-state index contributed by atoms with van der Waals surface area (Å²) in [5.41, 5.74) is -1.47. The molecule has 8 heteroatoms. The molecule has 1 aromatic carbocycles. The van der Waals surface area contributed by atoms with Gasteiger partial charge in [-0.25, -0.2) is 4.39 Å². The van der Waals surface area contributed by atoms with Crippen molar-refractivity contribution in [2.24, 2.45) is 5.92 Å². The van der Waals surface area contributed by atoms with E-state index in [0.717, 1.165) is 12.1 Å². The number of nitriles is 1. The van der Waals surface area contributed by atoms with Crippen LogP contribution in [0.5, 0.6) is 5.75 Å². The number of non-ortho nitro benzene ring substituents is 1. The normalized spacial score (nSPS) is 13.1. The molecule has 0 saturated carbocycles. The molecule has 0 unspecified atom stereocenters. The quantitative estimate of drug-likeness (QED) is 0.640. The lowest BCUT2D eigenvalue weighted by Gasteiger charge is -2.27. The fraction of sp³-hybridized carbons (Fsp3) is 0.429. The number of nitrogens with one attached hydrogen (secondary N) is 1. The molecular weight excluding hydrogens is 293 g/mol. The highest BCUT2D eigenvalue weighted by Crippen LogP contribution is 2.22. The topological polar surface area (TPSA) is 105 Å². The highest BCUT2D eigenvalue weighted by molar-refractivity contribution is 5.78. The average molecular weight is 309 g/mol. The summed E-state index contributed by atoms with van der Waals surface area (Å²) in [5.74, 6) is -1.93. The number of carbonyl (C=O) groups excluding carboxylic acids is 1. The van der Waals surface area contributed by atoms with Crippen molar-refractivity contribution in [1.29, 1.82) is 5.26 Å². The van der Waals surface area contributed by atoms with Crippen molar-refractivity contribution in [2.45, 2.75) is 26.3 Å². The monoisotopic (exact) mass is 309 g/mol. The Morgan fingerprint density at radius 3 is 2.68 bits per heavy atom. The van der Waals surface area contributed by atoms with E-state index in [1.165, 1.54) is 0 Å². The smallest absolute Gasteiger partial charge is 0.272 e. The maximum atomic E-state index is 13.6. The molecule has 0 saturated heterocycles. The Bertz CT molecular complexity index is 627. The van der Waals surface area contributed by atoms with E-state index >= 15 is 0 Å². The van der Waals surface area contributed by atoms with Crippen molar-refractivity contribution in [3.8, 4) is 11.8 Å². The van der Waals surface area contributed by atoms with Gasteiger partial charge in [0, 0.05) is 6.07 Å². The van der Waals surface area contributed by atoms with Gasteiger partial charge < -0.3 is 10.1 Å². The highest BCUT2D eigenvalue weighted by Gasteiger charge is 2.30. The molecule has 1 atom stereocenters. The van der Waals surface area contributed by atoms with Crippen molar-refractivity contribution in [3.05, 3.63) is 34.1 Å². The van der Waals surface area contributed by atoms with E-state index in [0.29, 0.717) is 6.07 Å². The first-order chi connectivity index (χ1) is 10.2. The molecule has 1 N–H and O–H groups in total. The Morgan fingerprint density at radius 1 is 1.59 bits per heavy atom. The lowest BCUT2D eigenvalue weighted by Crippen LogP contribution is -2.50. The highest BCUT2D eigenvalue weighted by atomic mass is 19.1. The SMILES string of the molecule is CC(C)[C@@](C)(C#N)NC(=O)COc1ccc([N+](=O)[O-])cc1F. The van der Waals surface area contributed by atoms with E-state index < -0.39 is 34.5 Å². The lowest BCUT2D eigenvalue weighted by molar-refractivity contribution is -0.385. The van der Waals surface area contributed by atoms with Gasteiger partial charge in [0.1, 0.15) is 5.54 Å². The van der Waals surface area contributed by atoms with Gasteiger partial charge in [-0.1, -0.05) is 13.8 Å². The number of halogens is 1. The Labute approximate surface area is 126 Å². The molecule has 118 valence electrons. The largest absolute Gasteiger partial charge is 0.481 e. The number of hydrogen-bond acceptors (Lipinski definition) is 5. The molecule has 1 aromatic rings.